The molecule has 5 heteroatoms. The van der Waals surface area contributed by atoms with E-state index in [2.05, 4.69) is 27.4 Å². The minimum Gasteiger partial charge on any atom is -0.380 e. The lowest BCUT2D eigenvalue weighted by atomic mass is 9.93. The molecule has 0 unspecified atom stereocenters. The summed E-state index contributed by atoms with van der Waals surface area (Å²) in [6.45, 7) is 11.3. The number of rotatable bonds is 8. The molecule has 1 heterocycles. The average molecular weight is 284 g/mol. The van der Waals surface area contributed by atoms with Gasteiger partial charge in [0.25, 0.3) is 0 Å². The van der Waals surface area contributed by atoms with E-state index in [0.717, 1.165) is 38.2 Å². The molecular weight excluding hydrogens is 252 g/mol. The molecule has 0 spiro atoms. The number of ether oxygens (including phenoxy) is 1. The number of likely N-dealkylation sites (tertiary alicyclic amines) is 1. The molecule has 1 aliphatic rings. The molecule has 0 atom stereocenters. The summed E-state index contributed by atoms with van der Waals surface area (Å²) >= 11 is 0. The van der Waals surface area contributed by atoms with Gasteiger partial charge in [0.2, 0.25) is 0 Å². The molecule has 0 aromatic heterocycles. The highest BCUT2D eigenvalue weighted by Gasteiger charge is 2.17. The van der Waals surface area contributed by atoms with Gasteiger partial charge in [-0.1, -0.05) is 6.92 Å². The minimum absolute atomic E-state index is 0.729. The third kappa shape index (κ3) is 7.10. The molecule has 1 rings (SSSR count). The first kappa shape index (κ1) is 17.2. The number of aliphatic imine (C=N–C) groups is 1. The van der Waals surface area contributed by atoms with E-state index >= 15 is 0 Å². The van der Waals surface area contributed by atoms with Gasteiger partial charge in [0.15, 0.2) is 5.96 Å². The zero-order valence-electron chi connectivity index (χ0n) is 13.5. The van der Waals surface area contributed by atoms with Gasteiger partial charge < -0.3 is 20.3 Å². The zero-order valence-corrected chi connectivity index (χ0v) is 13.5. The third-order valence-electron chi connectivity index (χ3n) is 3.97. The van der Waals surface area contributed by atoms with E-state index in [1.807, 2.05) is 14.0 Å². The van der Waals surface area contributed by atoms with Crippen molar-refractivity contribution in [3.63, 3.8) is 0 Å². The van der Waals surface area contributed by atoms with Crippen molar-refractivity contribution >= 4 is 5.96 Å². The van der Waals surface area contributed by atoms with Gasteiger partial charge in [0.1, 0.15) is 0 Å². The molecule has 2 N–H and O–H groups in total. The second kappa shape index (κ2) is 10.9. The van der Waals surface area contributed by atoms with Crippen LogP contribution in [0.15, 0.2) is 4.99 Å². The summed E-state index contributed by atoms with van der Waals surface area (Å²) in [4.78, 5) is 6.76. The van der Waals surface area contributed by atoms with E-state index in [9.17, 15) is 0 Å². The maximum absolute atomic E-state index is 5.30. The van der Waals surface area contributed by atoms with Crippen LogP contribution in [0.2, 0.25) is 0 Å². The van der Waals surface area contributed by atoms with Crippen LogP contribution in [0.3, 0.4) is 0 Å². The SMILES string of the molecule is CCOCCNC(=NC)NCCC1CCN(CC)CC1. The Bertz CT molecular complexity index is 263. The number of hydrogen-bond acceptors (Lipinski definition) is 3. The summed E-state index contributed by atoms with van der Waals surface area (Å²) in [6, 6.07) is 0. The normalized spacial score (nSPS) is 18.2. The van der Waals surface area contributed by atoms with Crippen LogP contribution in [0, 0.1) is 5.92 Å². The van der Waals surface area contributed by atoms with Crippen LogP contribution < -0.4 is 10.6 Å². The summed E-state index contributed by atoms with van der Waals surface area (Å²) in [5.41, 5.74) is 0. The first-order chi connectivity index (χ1) is 9.80. The van der Waals surface area contributed by atoms with E-state index in [-0.39, 0.29) is 0 Å². The molecule has 0 aliphatic carbocycles. The Hall–Kier alpha value is -0.810. The Morgan fingerprint density at radius 1 is 1.20 bits per heavy atom. The molecule has 1 fully saturated rings. The predicted octanol–water partition coefficient (Wildman–Crippen LogP) is 1.31. The number of hydrogen-bond donors (Lipinski definition) is 2. The van der Waals surface area contributed by atoms with Crippen molar-refractivity contribution in [3.05, 3.63) is 0 Å². The average Bonchev–Trinajstić information content (AvgIpc) is 2.50. The highest BCUT2D eigenvalue weighted by Crippen LogP contribution is 2.19. The van der Waals surface area contributed by atoms with Crippen molar-refractivity contribution in [1.82, 2.24) is 15.5 Å². The van der Waals surface area contributed by atoms with E-state index < -0.39 is 0 Å². The number of nitrogens with zero attached hydrogens (tertiary/aromatic N) is 2. The molecule has 20 heavy (non-hydrogen) atoms. The quantitative estimate of drug-likeness (QED) is 0.401. The van der Waals surface area contributed by atoms with Crippen LogP contribution in [0.4, 0.5) is 0 Å². The maximum Gasteiger partial charge on any atom is 0.191 e. The van der Waals surface area contributed by atoms with Gasteiger partial charge in [0.05, 0.1) is 6.61 Å². The Labute approximate surface area is 124 Å². The van der Waals surface area contributed by atoms with Crippen molar-refractivity contribution < 1.29 is 4.74 Å². The van der Waals surface area contributed by atoms with Crippen molar-refractivity contribution in [2.75, 3.05) is 53.0 Å². The molecule has 0 saturated carbocycles. The summed E-state index contributed by atoms with van der Waals surface area (Å²) in [5.74, 6) is 1.75. The number of guanidine groups is 1. The standard InChI is InChI=1S/C15H32N4O/c1-4-19-11-7-14(8-12-19)6-9-17-15(16-3)18-10-13-20-5-2/h14H,4-13H2,1-3H3,(H2,16,17,18). The third-order valence-corrected chi connectivity index (χ3v) is 3.97. The van der Waals surface area contributed by atoms with Crippen LogP contribution in [-0.4, -0.2) is 63.8 Å². The zero-order chi connectivity index (χ0) is 14.6. The summed E-state index contributed by atoms with van der Waals surface area (Å²) in [6.07, 6.45) is 3.92. The van der Waals surface area contributed by atoms with E-state index in [4.69, 9.17) is 4.74 Å². The van der Waals surface area contributed by atoms with Crippen molar-refractivity contribution in [2.24, 2.45) is 10.9 Å². The summed E-state index contributed by atoms with van der Waals surface area (Å²) < 4.78 is 5.30. The summed E-state index contributed by atoms with van der Waals surface area (Å²) in [5, 5.41) is 6.65. The van der Waals surface area contributed by atoms with Gasteiger partial charge in [-0.15, -0.1) is 0 Å². The minimum atomic E-state index is 0.729. The maximum atomic E-state index is 5.30. The lowest BCUT2D eigenvalue weighted by molar-refractivity contribution is 0.152. The molecule has 0 radical (unpaired) electrons. The number of nitrogens with one attached hydrogen (secondary N) is 2. The van der Waals surface area contributed by atoms with Gasteiger partial charge >= 0.3 is 0 Å². The van der Waals surface area contributed by atoms with Crippen molar-refractivity contribution in [3.8, 4) is 0 Å². The molecule has 0 bridgehead atoms. The summed E-state index contributed by atoms with van der Waals surface area (Å²) in [7, 11) is 1.82. The van der Waals surface area contributed by atoms with Crippen LogP contribution >= 0.6 is 0 Å². The first-order valence-corrected chi connectivity index (χ1v) is 8.04. The number of piperidine rings is 1. The predicted molar refractivity (Wildman–Crippen MR) is 85.3 cm³/mol. The molecule has 1 saturated heterocycles. The van der Waals surface area contributed by atoms with Gasteiger partial charge in [-0.05, 0) is 51.7 Å². The van der Waals surface area contributed by atoms with Gasteiger partial charge in [-0.2, -0.15) is 0 Å². The fourth-order valence-electron chi connectivity index (χ4n) is 2.59. The van der Waals surface area contributed by atoms with Gasteiger partial charge in [-0.3, -0.25) is 4.99 Å². The first-order valence-electron chi connectivity index (χ1n) is 8.04. The molecule has 118 valence electrons. The van der Waals surface area contributed by atoms with Gasteiger partial charge in [-0.25, -0.2) is 0 Å². The molecule has 0 aromatic carbocycles. The Balaban J connectivity index is 2.07. The Morgan fingerprint density at radius 2 is 1.90 bits per heavy atom. The molecule has 0 aromatic rings. The molecule has 5 nitrogen and oxygen atoms in total. The lowest BCUT2D eigenvalue weighted by Gasteiger charge is -2.31. The Kier molecular flexibility index (Phi) is 9.41. The second-order valence-electron chi connectivity index (χ2n) is 5.29. The van der Waals surface area contributed by atoms with Crippen molar-refractivity contribution in [1.29, 1.82) is 0 Å². The fraction of sp³-hybridized carbons (Fsp3) is 0.933. The van der Waals surface area contributed by atoms with Crippen LogP contribution in [0.1, 0.15) is 33.1 Å². The molecular formula is C15H32N4O. The van der Waals surface area contributed by atoms with Crippen LogP contribution in [0.25, 0.3) is 0 Å². The van der Waals surface area contributed by atoms with Gasteiger partial charge in [0, 0.05) is 26.7 Å². The smallest absolute Gasteiger partial charge is 0.191 e. The monoisotopic (exact) mass is 284 g/mol. The molecule has 0 amide bonds. The van der Waals surface area contributed by atoms with E-state index in [0.29, 0.717) is 0 Å². The highest BCUT2D eigenvalue weighted by atomic mass is 16.5. The van der Waals surface area contributed by atoms with Crippen LogP contribution in [0.5, 0.6) is 0 Å². The second-order valence-corrected chi connectivity index (χ2v) is 5.29. The highest BCUT2D eigenvalue weighted by molar-refractivity contribution is 5.79. The molecule has 1 aliphatic heterocycles. The largest absolute Gasteiger partial charge is 0.380 e. The van der Waals surface area contributed by atoms with Crippen molar-refractivity contribution in [2.45, 2.75) is 33.1 Å². The fourth-order valence-corrected chi connectivity index (χ4v) is 2.59. The van der Waals surface area contributed by atoms with E-state index in [1.165, 1.54) is 38.9 Å². The van der Waals surface area contributed by atoms with Crippen LogP contribution in [-0.2, 0) is 4.74 Å². The van der Waals surface area contributed by atoms with E-state index in [1.54, 1.807) is 0 Å². The Morgan fingerprint density at radius 3 is 2.50 bits per heavy atom. The topological polar surface area (TPSA) is 48.9 Å². The lowest BCUT2D eigenvalue weighted by Crippen LogP contribution is -2.40.